The van der Waals surface area contributed by atoms with E-state index in [1.54, 1.807) is 25.1 Å². The van der Waals surface area contributed by atoms with Crippen LogP contribution in [0.1, 0.15) is 28.9 Å². The Morgan fingerprint density at radius 3 is 2.70 bits per heavy atom. The highest BCUT2D eigenvalue weighted by Gasteiger charge is 2.15. The van der Waals surface area contributed by atoms with E-state index in [-0.39, 0.29) is 23.0 Å². The van der Waals surface area contributed by atoms with E-state index >= 15 is 0 Å². The summed E-state index contributed by atoms with van der Waals surface area (Å²) in [6.45, 7) is 1.75. The molecule has 0 bridgehead atoms. The topological polar surface area (TPSA) is 75.4 Å². The maximum atomic E-state index is 13.6. The van der Waals surface area contributed by atoms with Gasteiger partial charge >= 0.3 is 0 Å². The summed E-state index contributed by atoms with van der Waals surface area (Å²) in [6, 6.07) is 10.1. The molecule has 1 atom stereocenters. The fourth-order valence-electron chi connectivity index (χ4n) is 1.87. The molecule has 104 valence electrons. The Morgan fingerprint density at radius 2 is 2.05 bits per heavy atom. The number of hydrogen-bond acceptors (Lipinski definition) is 3. The summed E-state index contributed by atoms with van der Waals surface area (Å²) < 4.78 is 13.6. The number of carbonyl (C=O) groups excluding carboxylic acids is 1. The highest BCUT2D eigenvalue weighted by atomic mass is 19.1. The molecule has 20 heavy (non-hydrogen) atoms. The fraction of sp³-hybridized carbons (Fsp3) is 0.133. The first-order valence-corrected chi connectivity index (χ1v) is 6.12. The number of halogens is 1. The molecule has 0 aromatic heterocycles. The lowest BCUT2D eigenvalue weighted by Crippen LogP contribution is -2.27. The number of nitrogen functional groups attached to an aromatic ring is 1. The van der Waals surface area contributed by atoms with Gasteiger partial charge in [0.1, 0.15) is 11.6 Å². The van der Waals surface area contributed by atoms with E-state index in [0.29, 0.717) is 0 Å². The predicted octanol–water partition coefficient (Wildman–Crippen LogP) is 2.60. The van der Waals surface area contributed by atoms with Crippen LogP contribution in [0, 0.1) is 5.82 Å². The van der Waals surface area contributed by atoms with Crippen molar-refractivity contribution in [2.24, 2.45) is 0 Å². The molecule has 2 aromatic carbocycles. The molecule has 4 nitrogen and oxygen atoms in total. The number of amides is 1. The van der Waals surface area contributed by atoms with Gasteiger partial charge in [0.25, 0.3) is 5.91 Å². The SMILES string of the molecule is CC(NC(=O)c1ccc(N)cc1F)c1cccc(O)c1. The van der Waals surface area contributed by atoms with E-state index < -0.39 is 11.7 Å². The van der Waals surface area contributed by atoms with Crippen molar-refractivity contribution in [3.05, 3.63) is 59.4 Å². The second-order valence-corrected chi connectivity index (χ2v) is 4.53. The molecule has 0 aliphatic heterocycles. The second kappa shape index (κ2) is 5.61. The molecule has 1 amide bonds. The predicted molar refractivity (Wildman–Crippen MR) is 74.8 cm³/mol. The highest BCUT2D eigenvalue weighted by molar-refractivity contribution is 5.95. The number of nitrogens with one attached hydrogen (secondary N) is 1. The van der Waals surface area contributed by atoms with Gasteiger partial charge in [-0.2, -0.15) is 0 Å². The Balaban J connectivity index is 2.15. The third-order valence-electron chi connectivity index (χ3n) is 2.96. The smallest absolute Gasteiger partial charge is 0.254 e. The Morgan fingerprint density at radius 1 is 1.30 bits per heavy atom. The van der Waals surface area contributed by atoms with Crippen molar-refractivity contribution in [3.63, 3.8) is 0 Å². The molecule has 0 saturated heterocycles. The van der Waals surface area contributed by atoms with Crippen molar-refractivity contribution in [1.29, 1.82) is 0 Å². The Bertz CT molecular complexity index is 644. The van der Waals surface area contributed by atoms with Crippen LogP contribution in [0.3, 0.4) is 0 Å². The van der Waals surface area contributed by atoms with Crippen molar-refractivity contribution in [2.45, 2.75) is 13.0 Å². The monoisotopic (exact) mass is 274 g/mol. The molecule has 0 fully saturated rings. The number of rotatable bonds is 3. The molecule has 5 heteroatoms. The van der Waals surface area contributed by atoms with Crippen LogP contribution in [-0.2, 0) is 0 Å². The number of anilines is 1. The summed E-state index contributed by atoms with van der Waals surface area (Å²) in [6.07, 6.45) is 0. The number of phenolic OH excluding ortho intramolecular Hbond substituents is 1. The number of nitrogens with two attached hydrogens (primary N) is 1. The van der Waals surface area contributed by atoms with Gasteiger partial charge in [-0.25, -0.2) is 4.39 Å². The fourth-order valence-corrected chi connectivity index (χ4v) is 1.87. The van der Waals surface area contributed by atoms with Gasteiger partial charge in [0.05, 0.1) is 11.6 Å². The number of benzene rings is 2. The Hall–Kier alpha value is -2.56. The van der Waals surface area contributed by atoms with Crippen LogP contribution in [0.5, 0.6) is 5.75 Å². The molecule has 0 radical (unpaired) electrons. The first-order chi connectivity index (χ1) is 9.47. The molecule has 2 rings (SSSR count). The lowest BCUT2D eigenvalue weighted by Gasteiger charge is -2.15. The van der Waals surface area contributed by atoms with E-state index in [1.165, 1.54) is 18.2 Å². The van der Waals surface area contributed by atoms with Crippen LogP contribution in [0.2, 0.25) is 0 Å². The number of hydrogen-bond donors (Lipinski definition) is 3. The zero-order valence-corrected chi connectivity index (χ0v) is 10.9. The first kappa shape index (κ1) is 13.9. The summed E-state index contributed by atoms with van der Waals surface area (Å²) in [4.78, 5) is 12.0. The molecule has 0 spiro atoms. The summed E-state index contributed by atoms with van der Waals surface area (Å²) in [7, 11) is 0. The van der Waals surface area contributed by atoms with Crippen LogP contribution in [0.4, 0.5) is 10.1 Å². The molecule has 0 saturated carbocycles. The van der Waals surface area contributed by atoms with Crippen LogP contribution in [0.25, 0.3) is 0 Å². The number of phenols is 1. The largest absolute Gasteiger partial charge is 0.508 e. The summed E-state index contributed by atoms with van der Waals surface area (Å²) in [5.74, 6) is -1.08. The van der Waals surface area contributed by atoms with Crippen LogP contribution in [0.15, 0.2) is 42.5 Å². The zero-order chi connectivity index (χ0) is 14.7. The van der Waals surface area contributed by atoms with Crippen molar-refractivity contribution in [3.8, 4) is 5.75 Å². The minimum Gasteiger partial charge on any atom is -0.508 e. The van der Waals surface area contributed by atoms with Crippen LogP contribution < -0.4 is 11.1 Å². The van der Waals surface area contributed by atoms with Gasteiger partial charge in [-0.3, -0.25) is 4.79 Å². The van der Waals surface area contributed by atoms with Crippen molar-refractivity contribution >= 4 is 11.6 Å². The molecule has 0 heterocycles. The van der Waals surface area contributed by atoms with Gasteiger partial charge in [-0.05, 0) is 42.8 Å². The van der Waals surface area contributed by atoms with Gasteiger partial charge in [-0.15, -0.1) is 0 Å². The Labute approximate surface area is 116 Å². The highest BCUT2D eigenvalue weighted by Crippen LogP contribution is 2.19. The standard InChI is InChI=1S/C15H15FN2O2/c1-9(10-3-2-4-12(19)7-10)18-15(20)13-6-5-11(17)8-14(13)16/h2-9,19H,17H2,1H3,(H,18,20). The van der Waals surface area contributed by atoms with E-state index in [1.807, 2.05) is 0 Å². The third kappa shape index (κ3) is 3.06. The van der Waals surface area contributed by atoms with Gasteiger partial charge in [-0.1, -0.05) is 12.1 Å². The molecule has 2 aromatic rings. The van der Waals surface area contributed by atoms with Gasteiger partial charge in [0.2, 0.25) is 0 Å². The zero-order valence-electron chi connectivity index (χ0n) is 10.9. The van der Waals surface area contributed by atoms with E-state index in [0.717, 1.165) is 11.6 Å². The minimum atomic E-state index is -0.661. The number of carbonyl (C=O) groups is 1. The van der Waals surface area contributed by atoms with Gasteiger partial charge in [0.15, 0.2) is 0 Å². The molecule has 0 aliphatic carbocycles. The van der Waals surface area contributed by atoms with Gasteiger partial charge < -0.3 is 16.2 Å². The van der Waals surface area contributed by atoms with E-state index in [9.17, 15) is 14.3 Å². The Kier molecular flexibility index (Phi) is 3.89. The lowest BCUT2D eigenvalue weighted by atomic mass is 10.1. The van der Waals surface area contributed by atoms with Crippen LogP contribution in [-0.4, -0.2) is 11.0 Å². The lowest BCUT2D eigenvalue weighted by molar-refractivity contribution is 0.0936. The summed E-state index contributed by atoms with van der Waals surface area (Å²) >= 11 is 0. The van der Waals surface area contributed by atoms with Crippen molar-refractivity contribution in [2.75, 3.05) is 5.73 Å². The minimum absolute atomic E-state index is 0.0637. The van der Waals surface area contributed by atoms with Gasteiger partial charge in [0, 0.05) is 5.69 Å². The second-order valence-electron chi connectivity index (χ2n) is 4.53. The molecular formula is C15H15FN2O2. The molecule has 4 N–H and O–H groups in total. The maximum Gasteiger partial charge on any atom is 0.254 e. The van der Waals surface area contributed by atoms with Crippen molar-refractivity contribution in [1.82, 2.24) is 5.32 Å². The maximum absolute atomic E-state index is 13.6. The quantitative estimate of drug-likeness (QED) is 0.753. The average Bonchev–Trinajstić information content (AvgIpc) is 2.38. The normalized spacial score (nSPS) is 11.9. The molecule has 1 unspecified atom stereocenters. The first-order valence-electron chi connectivity index (χ1n) is 6.12. The summed E-state index contributed by atoms with van der Waals surface area (Å²) in [5.41, 5.74) is 6.37. The van der Waals surface area contributed by atoms with Crippen molar-refractivity contribution < 1.29 is 14.3 Å². The number of aromatic hydroxyl groups is 1. The van der Waals surface area contributed by atoms with E-state index in [2.05, 4.69) is 5.32 Å². The average molecular weight is 274 g/mol. The van der Waals surface area contributed by atoms with E-state index in [4.69, 9.17) is 5.73 Å². The third-order valence-corrected chi connectivity index (χ3v) is 2.96. The molecular weight excluding hydrogens is 259 g/mol. The van der Waals surface area contributed by atoms with Crippen LogP contribution >= 0.6 is 0 Å². The summed E-state index contributed by atoms with van der Waals surface area (Å²) in [5, 5.41) is 12.1. The molecule has 0 aliphatic rings.